The van der Waals surface area contributed by atoms with Gasteiger partial charge >= 0.3 is 5.97 Å². The summed E-state index contributed by atoms with van der Waals surface area (Å²) in [6.45, 7) is 16.0. The fraction of sp³-hybridized carbons (Fsp3) is 0.900. The molecule has 0 radical (unpaired) electrons. The summed E-state index contributed by atoms with van der Waals surface area (Å²) in [5, 5.41) is 0. The van der Waals surface area contributed by atoms with Crippen LogP contribution in [0.15, 0.2) is 11.6 Å². The Morgan fingerprint density at radius 1 is 1.15 bits per heavy atom. The molecule has 0 amide bonds. The molecule has 4 aliphatic carbocycles. The molecule has 4 rings (SSSR count). The molecule has 0 aromatic heterocycles. The summed E-state index contributed by atoms with van der Waals surface area (Å²) in [6.07, 6.45) is 13.1. The fourth-order valence-electron chi connectivity index (χ4n) is 8.65. The van der Waals surface area contributed by atoms with E-state index in [1.165, 1.54) is 52.1 Å². The van der Waals surface area contributed by atoms with Crippen molar-refractivity contribution < 1.29 is 19.3 Å². The van der Waals surface area contributed by atoms with Crippen LogP contribution in [0.5, 0.6) is 0 Å². The van der Waals surface area contributed by atoms with Gasteiger partial charge in [0.2, 0.25) is 0 Å². The maximum absolute atomic E-state index is 11.9. The summed E-state index contributed by atoms with van der Waals surface area (Å²) in [5.41, 5.74) is 1.70. The molecule has 4 unspecified atom stereocenters. The third kappa shape index (κ3) is 4.63. The number of methoxy groups -OCH3 is 1. The number of carbonyl (C=O) groups is 1. The number of hydrogen-bond acceptors (Lipinski definition) is 4. The predicted octanol–water partition coefficient (Wildman–Crippen LogP) is 7.52. The predicted molar refractivity (Wildman–Crippen MR) is 136 cm³/mol. The number of carbonyl (C=O) groups excluding carboxylic acids is 1. The highest BCUT2D eigenvalue weighted by molar-refractivity contribution is 5.69. The van der Waals surface area contributed by atoms with Gasteiger partial charge in [-0.25, -0.2) is 9.78 Å². The van der Waals surface area contributed by atoms with E-state index in [0.29, 0.717) is 35.5 Å². The van der Waals surface area contributed by atoms with E-state index in [2.05, 4.69) is 54.5 Å². The lowest BCUT2D eigenvalue weighted by Gasteiger charge is -2.58. The van der Waals surface area contributed by atoms with E-state index in [4.69, 9.17) is 14.5 Å². The Morgan fingerprint density at radius 3 is 2.56 bits per heavy atom. The number of rotatable bonds is 6. The van der Waals surface area contributed by atoms with Gasteiger partial charge in [-0.3, -0.25) is 4.79 Å². The molecule has 9 atom stereocenters. The van der Waals surface area contributed by atoms with Crippen molar-refractivity contribution in [1.29, 1.82) is 0 Å². The Kier molecular flexibility index (Phi) is 7.35. The second-order valence-electron chi connectivity index (χ2n) is 13.8. The zero-order valence-corrected chi connectivity index (χ0v) is 23.1. The maximum atomic E-state index is 11.9. The molecule has 0 heterocycles. The molecule has 0 spiro atoms. The average Bonchev–Trinajstić information content (AvgIpc) is 3.13. The minimum Gasteiger partial charge on any atom is -0.469 e. The summed E-state index contributed by atoms with van der Waals surface area (Å²) in [7, 11) is 1.49. The monoisotopic (exact) mass is 474 g/mol. The molecule has 0 aliphatic heterocycles. The van der Waals surface area contributed by atoms with Gasteiger partial charge in [0, 0.05) is 11.8 Å². The van der Waals surface area contributed by atoms with E-state index in [-0.39, 0.29) is 23.1 Å². The van der Waals surface area contributed by atoms with Crippen molar-refractivity contribution in [2.45, 2.75) is 118 Å². The van der Waals surface area contributed by atoms with Gasteiger partial charge in [0.1, 0.15) is 6.10 Å². The zero-order chi connectivity index (χ0) is 24.9. The smallest absolute Gasteiger partial charge is 0.305 e. The van der Waals surface area contributed by atoms with E-state index in [0.717, 1.165) is 18.3 Å². The molecule has 4 aliphatic rings. The molecule has 3 saturated carbocycles. The fourth-order valence-corrected chi connectivity index (χ4v) is 8.65. The van der Waals surface area contributed by atoms with E-state index >= 15 is 0 Å². The number of esters is 1. The summed E-state index contributed by atoms with van der Waals surface area (Å²) in [5.74, 6) is 3.84. The van der Waals surface area contributed by atoms with Gasteiger partial charge in [-0.1, -0.05) is 39.3 Å². The van der Waals surface area contributed by atoms with Crippen LogP contribution in [-0.4, -0.2) is 24.8 Å². The van der Waals surface area contributed by atoms with Crippen molar-refractivity contribution in [1.82, 2.24) is 0 Å². The van der Waals surface area contributed by atoms with Crippen LogP contribution in [-0.2, 0) is 19.3 Å². The number of fused-ring (bicyclic) bond motifs is 5. The van der Waals surface area contributed by atoms with Gasteiger partial charge in [0.25, 0.3) is 0 Å². The van der Waals surface area contributed by atoms with Crippen LogP contribution in [0.3, 0.4) is 0 Å². The highest BCUT2D eigenvalue weighted by Crippen LogP contribution is 2.67. The summed E-state index contributed by atoms with van der Waals surface area (Å²) < 4.78 is 4.94. The second kappa shape index (κ2) is 9.54. The molecule has 0 aromatic carbocycles. The number of hydrogen-bond donors (Lipinski definition) is 0. The molecule has 3 fully saturated rings. The molecule has 194 valence electrons. The van der Waals surface area contributed by atoms with Gasteiger partial charge in [-0.05, 0) is 113 Å². The average molecular weight is 475 g/mol. The Labute approximate surface area is 208 Å². The Morgan fingerprint density at radius 2 is 1.88 bits per heavy atom. The standard InChI is InChI=1S/C30H50O4/c1-19-15-16-29(6)21(17-19)10-11-22-24-13-12-23(20(2)9-14-27(31)32-8)30(24,7)26(18-25(22)29)33-34-28(3,4)5/h18-24,26H,9-17H2,1-8H3/t19-,20-,21-,22?,23?,24?,26?,29+,30-/m1/s1. The summed E-state index contributed by atoms with van der Waals surface area (Å²) in [6, 6.07) is 0. The van der Waals surface area contributed by atoms with Crippen molar-refractivity contribution in [3.8, 4) is 0 Å². The lowest BCUT2D eigenvalue weighted by atomic mass is 9.47. The lowest BCUT2D eigenvalue weighted by Crippen LogP contribution is -2.54. The topological polar surface area (TPSA) is 44.8 Å². The normalized spacial score (nSPS) is 42.8. The van der Waals surface area contributed by atoms with E-state index < -0.39 is 0 Å². The lowest BCUT2D eigenvalue weighted by molar-refractivity contribution is -0.385. The molecule has 0 aromatic rings. The Bertz CT molecular complexity index is 781. The van der Waals surface area contributed by atoms with Crippen molar-refractivity contribution in [3.05, 3.63) is 11.6 Å². The van der Waals surface area contributed by atoms with Gasteiger partial charge in [-0.15, -0.1) is 0 Å². The van der Waals surface area contributed by atoms with E-state index in [1.807, 2.05) is 0 Å². The molecule has 0 bridgehead atoms. The van der Waals surface area contributed by atoms with Gasteiger partial charge < -0.3 is 4.74 Å². The largest absolute Gasteiger partial charge is 0.469 e. The van der Waals surface area contributed by atoms with Crippen LogP contribution in [0.2, 0.25) is 0 Å². The first-order chi connectivity index (χ1) is 15.9. The number of allylic oxidation sites excluding steroid dienone is 1. The van der Waals surface area contributed by atoms with Gasteiger partial charge in [0.15, 0.2) is 0 Å². The highest BCUT2D eigenvalue weighted by atomic mass is 17.2. The molecule has 4 nitrogen and oxygen atoms in total. The minimum atomic E-state index is -0.342. The van der Waals surface area contributed by atoms with E-state index in [1.54, 1.807) is 5.57 Å². The Balaban J connectivity index is 1.67. The second-order valence-corrected chi connectivity index (χ2v) is 13.8. The van der Waals surface area contributed by atoms with Crippen molar-refractivity contribution in [3.63, 3.8) is 0 Å². The first-order valence-corrected chi connectivity index (χ1v) is 14.0. The molecule has 4 heteroatoms. The van der Waals surface area contributed by atoms with Crippen molar-refractivity contribution in [2.24, 2.45) is 46.3 Å². The van der Waals surface area contributed by atoms with Gasteiger partial charge in [-0.2, -0.15) is 0 Å². The molecular weight excluding hydrogens is 424 g/mol. The summed E-state index contributed by atoms with van der Waals surface area (Å²) >= 11 is 0. The highest BCUT2D eigenvalue weighted by Gasteiger charge is 2.61. The van der Waals surface area contributed by atoms with Crippen molar-refractivity contribution in [2.75, 3.05) is 7.11 Å². The van der Waals surface area contributed by atoms with Crippen LogP contribution in [0.1, 0.15) is 106 Å². The first-order valence-electron chi connectivity index (χ1n) is 14.0. The molecule has 34 heavy (non-hydrogen) atoms. The maximum Gasteiger partial charge on any atom is 0.305 e. The zero-order valence-electron chi connectivity index (χ0n) is 23.1. The van der Waals surface area contributed by atoms with Gasteiger partial charge in [0.05, 0.1) is 12.7 Å². The van der Waals surface area contributed by atoms with E-state index in [9.17, 15) is 4.79 Å². The van der Waals surface area contributed by atoms with Crippen LogP contribution >= 0.6 is 0 Å². The van der Waals surface area contributed by atoms with Crippen LogP contribution in [0.25, 0.3) is 0 Å². The quantitative estimate of drug-likeness (QED) is 0.173. The molecular formula is C30H50O4. The van der Waals surface area contributed by atoms with Crippen molar-refractivity contribution >= 4 is 5.97 Å². The number of ether oxygens (including phenoxy) is 1. The van der Waals surface area contributed by atoms with Crippen LogP contribution in [0.4, 0.5) is 0 Å². The summed E-state index contributed by atoms with van der Waals surface area (Å²) in [4.78, 5) is 24.3. The third-order valence-corrected chi connectivity index (χ3v) is 10.6. The first kappa shape index (κ1) is 26.2. The SMILES string of the molecule is COC(=O)CC[C@@H](C)C1CCC2C3CC[C@@H]4C[C@H](C)CC[C@]4(C)C3=CC(OOC(C)(C)C)[C@@]21C. The van der Waals surface area contributed by atoms with Crippen LogP contribution < -0.4 is 0 Å². The molecule has 0 saturated heterocycles. The van der Waals surface area contributed by atoms with Crippen LogP contribution in [0, 0.1) is 46.3 Å². The Hall–Kier alpha value is -0.870. The third-order valence-electron chi connectivity index (χ3n) is 10.6. The minimum absolute atomic E-state index is 0.0279. The molecule has 0 N–H and O–H groups in total.